The highest BCUT2D eigenvalue weighted by atomic mass is 16.7. The summed E-state index contributed by atoms with van der Waals surface area (Å²) < 4.78 is 33.3. The Balaban J connectivity index is 1.23. The van der Waals surface area contributed by atoms with Crippen molar-refractivity contribution < 1.29 is 83.0 Å². The van der Waals surface area contributed by atoms with Crippen molar-refractivity contribution in [3.8, 4) is 17.2 Å². The minimum atomic E-state index is -3.18. The van der Waals surface area contributed by atoms with Crippen LogP contribution >= 0.6 is 0 Å². The number of hydrogen-bond acceptors (Lipinski definition) is 17. The van der Waals surface area contributed by atoms with Gasteiger partial charge >= 0.3 is 23.9 Å². The lowest BCUT2D eigenvalue weighted by molar-refractivity contribution is -0.276. The number of carbonyl (C=O) groups excluding carboxylic acids is 5. The van der Waals surface area contributed by atoms with Crippen LogP contribution in [0.25, 0.3) is 0 Å². The lowest BCUT2D eigenvalue weighted by Gasteiger charge is -2.41. The van der Waals surface area contributed by atoms with Crippen LogP contribution in [0.1, 0.15) is 36.6 Å². The molecule has 302 valence electrons. The summed E-state index contributed by atoms with van der Waals surface area (Å²) in [6.45, 7) is -1.45. The number of rotatable bonds is 12. The first-order valence-electron chi connectivity index (χ1n) is 17.5. The lowest BCUT2D eigenvalue weighted by Crippen LogP contribution is -2.63. The smallest absolute Gasteiger partial charge is 0.346 e. The number of phenols is 2. The fraction of sp³-hybridized carbons (Fsp3) is 0.244. The van der Waals surface area contributed by atoms with E-state index < -0.39 is 91.4 Å². The van der Waals surface area contributed by atoms with E-state index in [9.17, 15) is 54.6 Å². The highest BCUT2D eigenvalue weighted by Gasteiger charge is 2.58. The van der Waals surface area contributed by atoms with Gasteiger partial charge in [-0.3, -0.25) is 4.79 Å². The van der Waals surface area contributed by atoms with Gasteiger partial charge in [0.05, 0.1) is 16.7 Å². The Hall–Kier alpha value is -6.63. The van der Waals surface area contributed by atoms with E-state index in [4.69, 9.17) is 28.4 Å². The minimum absolute atomic E-state index is 0.0716. The van der Waals surface area contributed by atoms with E-state index in [0.29, 0.717) is 0 Å². The summed E-state index contributed by atoms with van der Waals surface area (Å²) >= 11 is 0. The van der Waals surface area contributed by atoms with Gasteiger partial charge in [-0.2, -0.15) is 0 Å². The van der Waals surface area contributed by atoms with Gasteiger partial charge < -0.3 is 59.1 Å². The number of hydrogen-bond donors (Lipinski definition) is 6. The standard InChI is InChI=1S/C41H36O17/c42-26-13-11-24(12-14-26)38(50)58-35-28(44)16-18-31(45)41(35,52)40(51)54-20-25-19-27(43)15-17-29(25)55-39-34(57-37(49)23-9-5-2-6-10-23)33(47)32(46)30(56-39)21-53-36(48)22-7-3-1-4-8-22/h1-19,30-35,39,42-43,45-47,52H,20-21H2/t30-,31-,32-,33+,34-,35+,39-,41-/m1/s1. The van der Waals surface area contributed by atoms with E-state index >= 15 is 0 Å². The Bertz CT molecular complexity index is 2150. The molecule has 1 heterocycles. The zero-order chi connectivity index (χ0) is 41.6. The van der Waals surface area contributed by atoms with Crippen LogP contribution < -0.4 is 4.74 Å². The van der Waals surface area contributed by atoms with E-state index in [-0.39, 0.29) is 39.5 Å². The third-order valence-electron chi connectivity index (χ3n) is 9.14. The maximum atomic E-state index is 13.5. The SMILES string of the molecule is O=C(OC[C@H]1O[C@@H](Oc2ccc(O)cc2COC(=O)[C@@]2(O)[C@H](O)C=CC(=O)[C@@H]2OC(=O)c2ccc(O)cc2)[C@H](OC(=O)c2ccccc2)[C@@H](O)[C@@H]1O)c1ccccc1. The molecule has 2 aliphatic rings. The molecular weight excluding hydrogens is 764 g/mol. The Kier molecular flexibility index (Phi) is 12.5. The second kappa shape index (κ2) is 17.7. The van der Waals surface area contributed by atoms with Crippen LogP contribution in [0.2, 0.25) is 0 Å². The summed E-state index contributed by atoms with van der Waals surface area (Å²) in [5.41, 5.74) is -3.23. The molecule has 0 bridgehead atoms. The van der Waals surface area contributed by atoms with E-state index in [1.165, 1.54) is 30.3 Å². The van der Waals surface area contributed by atoms with Crippen LogP contribution in [-0.4, -0.2) is 115 Å². The van der Waals surface area contributed by atoms with Crippen LogP contribution in [0.5, 0.6) is 17.2 Å². The van der Waals surface area contributed by atoms with Crippen molar-refractivity contribution in [3.05, 3.63) is 138 Å². The van der Waals surface area contributed by atoms with Gasteiger partial charge in [0.2, 0.25) is 18.0 Å². The van der Waals surface area contributed by atoms with Crippen molar-refractivity contribution in [1.82, 2.24) is 0 Å². The zero-order valence-electron chi connectivity index (χ0n) is 30.1. The number of ether oxygens (including phenoxy) is 6. The quantitative estimate of drug-likeness (QED) is 0.0876. The van der Waals surface area contributed by atoms with Crippen molar-refractivity contribution in [2.75, 3.05) is 6.61 Å². The fourth-order valence-corrected chi connectivity index (χ4v) is 5.96. The normalized spacial score (nSPS) is 25.2. The molecule has 17 heteroatoms. The zero-order valence-corrected chi connectivity index (χ0v) is 30.1. The molecule has 0 aromatic heterocycles. The first-order chi connectivity index (χ1) is 27.8. The number of esters is 4. The second-order valence-corrected chi connectivity index (χ2v) is 13.1. The van der Waals surface area contributed by atoms with Gasteiger partial charge in [0.1, 0.15) is 54.9 Å². The average Bonchev–Trinajstić information content (AvgIpc) is 3.23. The molecule has 1 fully saturated rings. The van der Waals surface area contributed by atoms with Crippen LogP contribution in [0.15, 0.2) is 115 Å². The maximum absolute atomic E-state index is 13.5. The molecule has 0 saturated carbocycles. The predicted molar refractivity (Wildman–Crippen MR) is 194 cm³/mol. The van der Waals surface area contributed by atoms with E-state index in [2.05, 4.69) is 0 Å². The molecule has 1 saturated heterocycles. The summed E-state index contributed by atoms with van der Waals surface area (Å²) in [6, 6.07) is 23.5. The number of aliphatic hydroxyl groups is 4. The number of aromatic hydroxyl groups is 2. The highest BCUT2D eigenvalue weighted by Crippen LogP contribution is 2.33. The molecule has 0 spiro atoms. The van der Waals surface area contributed by atoms with Crippen molar-refractivity contribution in [2.24, 2.45) is 0 Å². The second-order valence-electron chi connectivity index (χ2n) is 13.1. The third kappa shape index (κ3) is 8.99. The van der Waals surface area contributed by atoms with Gasteiger partial charge in [-0.1, -0.05) is 36.4 Å². The Morgan fingerprint density at radius 3 is 1.93 bits per heavy atom. The average molecular weight is 801 g/mol. The highest BCUT2D eigenvalue weighted by molar-refractivity contribution is 6.03. The molecule has 1 aliphatic carbocycles. The molecule has 0 amide bonds. The van der Waals surface area contributed by atoms with Crippen LogP contribution in [0, 0.1) is 0 Å². The number of phenolic OH excluding ortho intramolecular Hbond substituents is 2. The molecule has 58 heavy (non-hydrogen) atoms. The largest absolute Gasteiger partial charge is 0.508 e. The third-order valence-corrected chi connectivity index (χ3v) is 9.14. The van der Waals surface area contributed by atoms with Gasteiger partial charge in [0.25, 0.3) is 0 Å². The van der Waals surface area contributed by atoms with Crippen molar-refractivity contribution in [3.63, 3.8) is 0 Å². The first kappa shape index (κ1) is 41.0. The molecule has 1 aliphatic heterocycles. The lowest BCUT2D eigenvalue weighted by atomic mass is 9.83. The first-order valence-corrected chi connectivity index (χ1v) is 17.5. The monoisotopic (exact) mass is 800 g/mol. The number of carbonyl (C=O) groups is 5. The molecule has 4 aromatic carbocycles. The number of aliphatic hydroxyl groups excluding tert-OH is 3. The molecule has 17 nitrogen and oxygen atoms in total. The fourth-order valence-electron chi connectivity index (χ4n) is 5.96. The van der Waals surface area contributed by atoms with Crippen molar-refractivity contribution in [2.45, 2.75) is 55.1 Å². The minimum Gasteiger partial charge on any atom is -0.508 e. The van der Waals surface area contributed by atoms with E-state index in [1.54, 1.807) is 36.4 Å². The van der Waals surface area contributed by atoms with E-state index in [0.717, 1.165) is 48.6 Å². The van der Waals surface area contributed by atoms with Crippen LogP contribution in [0.3, 0.4) is 0 Å². The summed E-state index contributed by atoms with van der Waals surface area (Å²) in [4.78, 5) is 65.0. The summed E-state index contributed by atoms with van der Waals surface area (Å²) in [7, 11) is 0. The van der Waals surface area contributed by atoms with Crippen molar-refractivity contribution in [1.29, 1.82) is 0 Å². The van der Waals surface area contributed by atoms with Gasteiger partial charge in [-0.25, -0.2) is 19.2 Å². The summed E-state index contributed by atoms with van der Waals surface area (Å²) in [5, 5.41) is 64.3. The summed E-state index contributed by atoms with van der Waals surface area (Å²) in [5.74, 6) is -6.42. The topological polar surface area (TPSA) is 262 Å². The Morgan fingerprint density at radius 2 is 1.28 bits per heavy atom. The molecule has 0 unspecified atom stereocenters. The van der Waals surface area contributed by atoms with Gasteiger partial charge in [0, 0.05) is 5.56 Å². The Morgan fingerprint density at radius 1 is 0.690 bits per heavy atom. The number of benzene rings is 4. The molecular formula is C41H36O17. The summed E-state index contributed by atoms with van der Waals surface area (Å²) in [6.07, 6.45) is -11.5. The molecule has 6 rings (SSSR count). The van der Waals surface area contributed by atoms with Crippen LogP contribution in [0.4, 0.5) is 0 Å². The molecule has 6 N–H and O–H groups in total. The van der Waals surface area contributed by atoms with Crippen LogP contribution in [-0.2, 0) is 39.9 Å². The molecule has 8 atom stereocenters. The van der Waals surface area contributed by atoms with Gasteiger partial charge in [-0.05, 0) is 78.9 Å². The predicted octanol–water partition coefficient (Wildman–Crippen LogP) is 1.51. The van der Waals surface area contributed by atoms with E-state index in [1.807, 2.05) is 0 Å². The molecule has 4 aromatic rings. The molecule has 0 radical (unpaired) electrons. The number of ketones is 1. The maximum Gasteiger partial charge on any atom is 0.346 e. The van der Waals surface area contributed by atoms with Gasteiger partial charge in [-0.15, -0.1) is 0 Å². The van der Waals surface area contributed by atoms with Crippen molar-refractivity contribution >= 4 is 29.7 Å². The van der Waals surface area contributed by atoms with Gasteiger partial charge in [0.15, 0.2) is 11.9 Å². The Labute approximate surface area is 328 Å².